The lowest BCUT2D eigenvalue weighted by molar-refractivity contribution is 0.242. The fraction of sp³-hybridized carbons (Fsp3) is 0.308. The largest absolute Gasteiger partial charge is 0.489 e. The highest BCUT2D eigenvalue weighted by atomic mass is 35.5. The van der Waals surface area contributed by atoms with Crippen LogP contribution in [0, 0.1) is 6.92 Å². The highest BCUT2D eigenvalue weighted by molar-refractivity contribution is 6.32. The van der Waals surface area contributed by atoms with Gasteiger partial charge < -0.3 is 9.15 Å². The standard InChI is InChI=1S/C13H13ClO3/c1-7(2)16-12-6-11-9(5-10(12)14)8(3)4-13(15)17-11/h4-7H,1-3H3. The smallest absolute Gasteiger partial charge is 0.336 e. The number of benzene rings is 1. The maximum atomic E-state index is 11.3. The third kappa shape index (κ3) is 2.44. The zero-order valence-electron chi connectivity index (χ0n) is 9.91. The summed E-state index contributed by atoms with van der Waals surface area (Å²) in [6.45, 7) is 5.67. The van der Waals surface area contributed by atoms with Crippen molar-refractivity contribution < 1.29 is 9.15 Å². The molecule has 0 aliphatic heterocycles. The molecule has 90 valence electrons. The van der Waals surface area contributed by atoms with E-state index in [4.69, 9.17) is 20.8 Å². The highest BCUT2D eigenvalue weighted by Gasteiger charge is 2.10. The molecule has 0 atom stereocenters. The van der Waals surface area contributed by atoms with Gasteiger partial charge in [0.25, 0.3) is 0 Å². The van der Waals surface area contributed by atoms with Crippen LogP contribution in [0.3, 0.4) is 0 Å². The summed E-state index contributed by atoms with van der Waals surface area (Å²) in [6.07, 6.45) is 0.0153. The van der Waals surface area contributed by atoms with Crippen molar-refractivity contribution in [3.05, 3.63) is 39.2 Å². The van der Waals surface area contributed by atoms with Gasteiger partial charge in [0, 0.05) is 17.5 Å². The van der Waals surface area contributed by atoms with E-state index >= 15 is 0 Å². The Hall–Kier alpha value is -1.48. The Kier molecular flexibility index (Phi) is 3.11. The van der Waals surface area contributed by atoms with E-state index in [1.807, 2.05) is 20.8 Å². The van der Waals surface area contributed by atoms with Crippen LogP contribution in [0.2, 0.25) is 5.02 Å². The summed E-state index contributed by atoms with van der Waals surface area (Å²) in [5, 5.41) is 1.34. The van der Waals surface area contributed by atoms with E-state index in [0.29, 0.717) is 16.4 Å². The van der Waals surface area contributed by atoms with Crippen molar-refractivity contribution in [1.82, 2.24) is 0 Å². The van der Waals surface area contributed by atoms with Crippen LogP contribution in [-0.4, -0.2) is 6.10 Å². The molecule has 2 aromatic rings. The average Bonchev–Trinajstić information content (AvgIpc) is 2.20. The Labute approximate surface area is 104 Å². The summed E-state index contributed by atoms with van der Waals surface area (Å²) < 4.78 is 10.7. The second-order valence-electron chi connectivity index (χ2n) is 4.19. The summed E-state index contributed by atoms with van der Waals surface area (Å²) >= 11 is 6.11. The third-order valence-electron chi connectivity index (χ3n) is 2.37. The topological polar surface area (TPSA) is 39.4 Å². The Morgan fingerprint density at radius 3 is 2.65 bits per heavy atom. The van der Waals surface area contributed by atoms with Gasteiger partial charge in [-0.05, 0) is 32.4 Å². The van der Waals surface area contributed by atoms with Crippen molar-refractivity contribution in [3.8, 4) is 5.75 Å². The van der Waals surface area contributed by atoms with Gasteiger partial charge >= 0.3 is 5.63 Å². The van der Waals surface area contributed by atoms with Gasteiger partial charge in [-0.2, -0.15) is 0 Å². The molecule has 0 saturated heterocycles. The predicted octanol–water partition coefficient (Wildman–Crippen LogP) is 3.54. The molecule has 0 amide bonds. The lowest BCUT2D eigenvalue weighted by Gasteiger charge is -2.12. The van der Waals surface area contributed by atoms with Crippen molar-refractivity contribution in [2.24, 2.45) is 0 Å². The minimum Gasteiger partial charge on any atom is -0.489 e. The average molecular weight is 253 g/mol. The van der Waals surface area contributed by atoms with Crippen LogP contribution in [0.15, 0.2) is 27.4 Å². The Bertz CT molecular complexity index is 614. The van der Waals surface area contributed by atoms with Gasteiger partial charge in [-0.3, -0.25) is 0 Å². The van der Waals surface area contributed by atoms with Crippen LogP contribution in [-0.2, 0) is 0 Å². The number of ether oxygens (including phenoxy) is 1. The molecule has 0 aliphatic rings. The van der Waals surface area contributed by atoms with E-state index in [-0.39, 0.29) is 11.7 Å². The zero-order chi connectivity index (χ0) is 12.6. The molecule has 17 heavy (non-hydrogen) atoms. The summed E-state index contributed by atoms with van der Waals surface area (Å²) in [5.74, 6) is 0.530. The van der Waals surface area contributed by atoms with Crippen molar-refractivity contribution in [2.45, 2.75) is 26.9 Å². The fourth-order valence-electron chi connectivity index (χ4n) is 1.66. The number of rotatable bonds is 2. The van der Waals surface area contributed by atoms with Gasteiger partial charge in [0.05, 0.1) is 11.1 Å². The van der Waals surface area contributed by atoms with E-state index in [1.54, 1.807) is 12.1 Å². The van der Waals surface area contributed by atoms with Crippen LogP contribution in [0.25, 0.3) is 11.0 Å². The molecule has 0 radical (unpaired) electrons. The third-order valence-corrected chi connectivity index (χ3v) is 2.66. The Morgan fingerprint density at radius 2 is 2.00 bits per heavy atom. The maximum Gasteiger partial charge on any atom is 0.336 e. The molecule has 0 N–H and O–H groups in total. The van der Waals surface area contributed by atoms with Crippen LogP contribution in [0.5, 0.6) is 5.75 Å². The van der Waals surface area contributed by atoms with Crippen molar-refractivity contribution in [1.29, 1.82) is 0 Å². The minimum absolute atomic E-state index is 0.0153. The molecule has 3 nitrogen and oxygen atoms in total. The molecule has 1 heterocycles. The van der Waals surface area contributed by atoms with Gasteiger partial charge in [-0.25, -0.2) is 4.79 Å². The van der Waals surface area contributed by atoms with Crippen LogP contribution in [0.4, 0.5) is 0 Å². The molecule has 0 spiro atoms. The Balaban J connectivity index is 2.67. The Morgan fingerprint density at radius 1 is 1.29 bits per heavy atom. The van der Waals surface area contributed by atoms with Crippen LogP contribution >= 0.6 is 11.6 Å². The van der Waals surface area contributed by atoms with Gasteiger partial charge in [0.1, 0.15) is 11.3 Å². The molecule has 0 aliphatic carbocycles. The van der Waals surface area contributed by atoms with Gasteiger partial charge in [-0.1, -0.05) is 11.6 Å². The number of hydrogen-bond donors (Lipinski definition) is 0. The van der Waals surface area contributed by atoms with E-state index < -0.39 is 0 Å². The number of halogens is 1. The minimum atomic E-state index is -0.368. The molecule has 2 rings (SSSR count). The fourth-order valence-corrected chi connectivity index (χ4v) is 1.87. The monoisotopic (exact) mass is 252 g/mol. The predicted molar refractivity (Wildman–Crippen MR) is 68.0 cm³/mol. The molecule has 0 unspecified atom stereocenters. The first-order valence-corrected chi connectivity index (χ1v) is 5.76. The first-order valence-electron chi connectivity index (χ1n) is 5.38. The molecule has 0 bridgehead atoms. The normalized spacial score (nSPS) is 11.1. The van der Waals surface area contributed by atoms with Crippen molar-refractivity contribution in [3.63, 3.8) is 0 Å². The van der Waals surface area contributed by atoms with Crippen LogP contribution < -0.4 is 10.4 Å². The van der Waals surface area contributed by atoms with E-state index in [0.717, 1.165) is 10.9 Å². The number of hydrogen-bond acceptors (Lipinski definition) is 3. The SMILES string of the molecule is Cc1cc(=O)oc2cc(OC(C)C)c(Cl)cc12. The summed E-state index contributed by atoms with van der Waals surface area (Å²) in [6, 6.07) is 4.86. The second-order valence-corrected chi connectivity index (χ2v) is 4.60. The first kappa shape index (κ1) is 12.0. The van der Waals surface area contributed by atoms with E-state index in [9.17, 15) is 4.79 Å². The summed E-state index contributed by atoms with van der Waals surface area (Å²) in [4.78, 5) is 11.3. The van der Waals surface area contributed by atoms with Gasteiger partial charge in [0.2, 0.25) is 0 Å². The number of aryl methyl sites for hydroxylation is 1. The van der Waals surface area contributed by atoms with Gasteiger partial charge in [0.15, 0.2) is 0 Å². The van der Waals surface area contributed by atoms with Crippen molar-refractivity contribution >= 4 is 22.6 Å². The molecule has 0 saturated carbocycles. The van der Waals surface area contributed by atoms with Crippen LogP contribution in [0.1, 0.15) is 19.4 Å². The molecular formula is C13H13ClO3. The zero-order valence-corrected chi connectivity index (χ0v) is 10.7. The molecule has 1 aromatic carbocycles. The maximum absolute atomic E-state index is 11.3. The molecule has 1 aromatic heterocycles. The van der Waals surface area contributed by atoms with E-state index in [2.05, 4.69) is 0 Å². The second kappa shape index (κ2) is 4.41. The lowest BCUT2D eigenvalue weighted by atomic mass is 10.1. The highest BCUT2D eigenvalue weighted by Crippen LogP contribution is 2.31. The number of fused-ring (bicyclic) bond motifs is 1. The van der Waals surface area contributed by atoms with Gasteiger partial charge in [-0.15, -0.1) is 0 Å². The quantitative estimate of drug-likeness (QED) is 0.768. The lowest BCUT2D eigenvalue weighted by Crippen LogP contribution is -2.06. The summed E-state index contributed by atoms with van der Waals surface area (Å²) in [7, 11) is 0. The molecule has 4 heteroatoms. The summed E-state index contributed by atoms with van der Waals surface area (Å²) in [5.41, 5.74) is 0.970. The first-order chi connectivity index (χ1) is 7.97. The van der Waals surface area contributed by atoms with E-state index in [1.165, 1.54) is 6.07 Å². The molecular weight excluding hydrogens is 240 g/mol. The van der Waals surface area contributed by atoms with Crippen molar-refractivity contribution in [2.75, 3.05) is 0 Å². The molecule has 0 fully saturated rings.